The van der Waals surface area contributed by atoms with Gasteiger partial charge in [0.2, 0.25) is 0 Å². The predicted octanol–water partition coefficient (Wildman–Crippen LogP) is 15.8. The molecule has 0 radical (unpaired) electrons. The Balaban J connectivity index is 1.07. The Hall–Kier alpha value is -8.00. The van der Waals surface area contributed by atoms with E-state index in [1.807, 2.05) is 0 Å². The Bertz CT molecular complexity index is 3230. The standard InChI is InChI=1S/C63H43N/c1-42-28-30-43(31-29-42)44-32-34-47(35-33-44)64(48-36-38-54-52-22-8-12-24-56(52)62(60(54)40-48,45-16-4-2-5-17-45)46-18-6-3-7-19-46)49-37-39-55-53-23-11-15-27-59(53)63(61(55)41-49)57-25-13-9-20-50(57)51-21-10-14-26-58(51)63/h2-41H,1H3. The van der Waals surface area contributed by atoms with Crippen LogP contribution in [0, 0.1) is 6.92 Å². The van der Waals surface area contributed by atoms with Crippen molar-refractivity contribution in [3.63, 3.8) is 0 Å². The molecule has 0 unspecified atom stereocenters. The van der Waals surface area contributed by atoms with E-state index in [2.05, 4.69) is 254 Å². The van der Waals surface area contributed by atoms with Gasteiger partial charge in [0.05, 0.1) is 10.8 Å². The molecular weight excluding hydrogens is 771 g/mol. The summed E-state index contributed by atoms with van der Waals surface area (Å²) in [6, 6.07) is 90.9. The first-order valence-electron chi connectivity index (χ1n) is 22.4. The van der Waals surface area contributed by atoms with Gasteiger partial charge in [-0.3, -0.25) is 0 Å². The molecule has 3 aliphatic carbocycles. The van der Waals surface area contributed by atoms with E-state index in [1.165, 1.54) is 94.6 Å². The maximum atomic E-state index is 2.51. The number of hydrogen-bond acceptors (Lipinski definition) is 1. The van der Waals surface area contributed by atoms with Gasteiger partial charge in [-0.2, -0.15) is 0 Å². The summed E-state index contributed by atoms with van der Waals surface area (Å²) in [6.07, 6.45) is 0. The summed E-state index contributed by atoms with van der Waals surface area (Å²) in [5, 5.41) is 0. The maximum Gasteiger partial charge on any atom is 0.0726 e. The summed E-state index contributed by atoms with van der Waals surface area (Å²) in [7, 11) is 0. The van der Waals surface area contributed by atoms with Crippen molar-refractivity contribution >= 4 is 17.1 Å². The van der Waals surface area contributed by atoms with Crippen molar-refractivity contribution in [3.8, 4) is 44.5 Å². The highest BCUT2D eigenvalue weighted by molar-refractivity contribution is 5.97. The van der Waals surface area contributed by atoms with E-state index < -0.39 is 10.8 Å². The fourth-order valence-corrected chi connectivity index (χ4v) is 11.8. The summed E-state index contributed by atoms with van der Waals surface area (Å²) in [5.41, 5.74) is 24.3. The SMILES string of the molecule is Cc1ccc(-c2ccc(N(c3ccc4c(c3)C(c3ccccc3)(c3ccccc3)c3ccccc3-4)c3ccc4c(c3)C3(c5ccccc5-c5ccccc53)c3ccccc3-4)cc2)cc1. The zero-order valence-corrected chi connectivity index (χ0v) is 35.5. The number of anilines is 3. The van der Waals surface area contributed by atoms with E-state index >= 15 is 0 Å². The minimum Gasteiger partial charge on any atom is -0.310 e. The Kier molecular flexibility index (Phi) is 8.02. The number of rotatable bonds is 6. The van der Waals surface area contributed by atoms with Crippen LogP contribution in [0.2, 0.25) is 0 Å². The molecule has 0 amide bonds. The average molecular weight is 814 g/mol. The molecule has 0 saturated carbocycles. The molecule has 0 heterocycles. The molecule has 300 valence electrons. The second-order valence-corrected chi connectivity index (χ2v) is 17.6. The molecule has 0 aliphatic heterocycles. The van der Waals surface area contributed by atoms with E-state index in [4.69, 9.17) is 0 Å². The molecule has 3 aliphatic rings. The van der Waals surface area contributed by atoms with Crippen LogP contribution in [-0.4, -0.2) is 0 Å². The van der Waals surface area contributed by atoms with E-state index in [9.17, 15) is 0 Å². The summed E-state index contributed by atoms with van der Waals surface area (Å²) < 4.78 is 0. The Morgan fingerprint density at radius 3 is 1.03 bits per heavy atom. The minimum absolute atomic E-state index is 0.453. The fraction of sp³-hybridized carbons (Fsp3) is 0.0476. The van der Waals surface area contributed by atoms with Crippen LogP contribution in [0.15, 0.2) is 243 Å². The molecule has 0 fully saturated rings. The van der Waals surface area contributed by atoms with E-state index in [0.717, 1.165) is 17.1 Å². The lowest BCUT2D eigenvalue weighted by Gasteiger charge is -2.35. The summed E-state index contributed by atoms with van der Waals surface area (Å²) in [6.45, 7) is 2.15. The van der Waals surface area contributed by atoms with Crippen LogP contribution in [0.3, 0.4) is 0 Å². The molecule has 1 spiro atoms. The first-order valence-corrected chi connectivity index (χ1v) is 22.4. The van der Waals surface area contributed by atoms with Gasteiger partial charge in [0, 0.05) is 17.1 Å². The Labute approximate surface area is 375 Å². The number of fused-ring (bicyclic) bond motifs is 13. The van der Waals surface area contributed by atoms with E-state index in [1.54, 1.807) is 0 Å². The third-order valence-electron chi connectivity index (χ3n) is 14.4. The van der Waals surface area contributed by atoms with Crippen LogP contribution in [0.1, 0.15) is 50.1 Å². The van der Waals surface area contributed by atoms with Gasteiger partial charge < -0.3 is 4.90 Å². The Morgan fingerprint density at radius 2 is 0.594 bits per heavy atom. The third kappa shape index (κ3) is 5.01. The van der Waals surface area contributed by atoms with Crippen molar-refractivity contribution in [2.75, 3.05) is 4.90 Å². The van der Waals surface area contributed by atoms with Gasteiger partial charge in [0.1, 0.15) is 0 Å². The van der Waals surface area contributed by atoms with E-state index in [0.29, 0.717) is 0 Å². The quantitative estimate of drug-likeness (QED) is 0.162. The van der Waals surface area contributed by atoms with Gasteiger partial charge >= 0.3 is 0 Å². The van der Waals surface area contributed by atoms with Gasteiger partial charge in [-0.05, 0) is 132 Å². The van der Waals surface area contributed by atoms with Crippen LogP contribution < -0.4 is 4.90 Å². The highest BCUT2D eigenvalue weighted by Gasteiger charge is 2.52. The van der Waals surface area contributed by atoms with Crippen LogP contribution in [0.5, 0.6) is 0 Å². The second-order valence-electron chi connectivity index (χ2n) is 17.6. The lowest BCUT2D eigenvalue weighted by Crippen LogP contribution is -2.28. The topological polar surface area (TPSA) is 3.24 Å². The van der Waals surface area contributed by atoms with Gasteiger partial charge in [-0.15, -0.1) is 0 Å². The molecule has 10 aromatic rings. The van der Waals surface area contributed by atoms with Gasteiger partial charge in [0.25, 0.3) is 0 Å². The van der Waals surface area contributed by atoms with Crippen molar-refractivity contribution in [3.05, 3.63) is 293 Å². The highest BCUT2D eigenvalue weighted by atomic mass is 15.1. The van der Waals surface area contributed by atoms with Crippen LogP contribution in [0.25, 0.3) is 44.5 Å². The molecule has 13 rings (SSSR count). The first kappa shape index (κ1) is 36.6. The average Bonchev–Trinajstić information content (AvgIpc) is 3.95. The predicted molar refractivity (Wildman–Crippen MR) is 265 cm³/mol. The lowest BCUT2D eigenvalue weighted by atomic mass is 9.67. The smallest absolute Gasteiger partial charge is 0.0726 e. The molecule has 0 N–H and O–H groups in total. The number of hydrogen-bond donors (Lipinski definition) is 0. The number of aryl methyl sites for hydroxylation is 1. The third-order valence-corrected chi connectivity index (χ3v) is 14.4. The summed E-state index contributed by atoms with van der Waals surface area (Å²) in [5.74, 6) is 0. The molecule has 64 heavy (non-hydrogen) atoms. The molecule has 1 nitrogen and oxygen atoms in total. The van der Waals surface area contributed by atoms with Crippen LogP contribution in [-0.2, 0) is 10.8 Å². The molecule has 10 aromatic carbocycles. The van der Waals surface area contributed by atoms with Gasteiger partial charge in [-0.1, -0.05) is 212 Å². The molecule has 0 saturated heterocycles. The summed E-state index contributed by atoms with van der Waals surface area (Å²) in [4.78, 5) is 2.49. The normalized spacial score (nSPS) is 14.0. The zero-order chi connectivity index (χ0) is 42.4. The summed E-state index contributed by atoms with van der Waals surface area (Å²) >= 11 is 0. The van der Waals surface area contributed by atoms with Crippen molar-refractivity contribution in [1.29, 1.82) is 0 Å². The van der Waals surface area contributed by atoms with Crippen molar-refractivity contribution in [1.82, 2.24) is 0 Å². The van der Waals surface area contributed by atoms with Crippen molar-refractivity contribution in [2.24, 2.45) is 0 Å². The second kappa shape index (κ2) is 14.0. The van der Waals surface area contributed by atoms with Crippen LogP contribution in [0.4, 0.5) is 17.1 Å². The van der Waals surface area contributed by atoms with Crippen LogP contribution >= 0.6 is 0 Å². The molecular formula is C63H43N. The highest BCUT2D eigenvalue weighted by Crippen LogP contribution is 2.64. The zero-order valence-electron chi connectivity index (χ0n) is 35.5. The van der Waals surface area contributed by atoms with Crippen molar-refractivity contribution < 1.29 is 0 Å². The van der Waals surface area contributed by atoms with Gasteiger partial charge in [-0.25, -0.2) is 0 Å². The first-order chi connectivity index (χ1) is 31.7. The van der Waals surface area contributed by atoms with E-state index in [-0.39, 0.29) is 0 Å². The molecule has 0 aromatic heterocycles. The fourth-order valence-electron chi connectivity index (χ4n) is 11.8. The monoisotopic (exact) mass is 813 g/mol. The largest absolute Gasteiger partial charge is 0.310 e. The molecule has 1 heteroatoms. The number of benzene rings is 10. The molecule has 0 bridgehead atoms. The minimum atomic E-state index is -0.521. The lowest BCUT2D eigenvalue weighted by molar-refractivity contribution is 0.768. The number of nitrogens with zero attached hydrogens (tertiary/aromatic N) is 1. The van der Waals surface area contributed by atoms with Crippen molar-refractivity contribution in [2.45, 2.75) is 17.8 Å². The van der Waals surface area contributed by atoms with Gasteiger partial charge in [0.15, 0.2) is 0 Å². The molecule has 0 atom stereocenters. The maximum absolute atomic E-state index is 2.51. The Morgan fingerprint density at radius 1 is 0.266 bits per heavy atom.